The molecule has 9 heteroatoms. The fourth-order valence-electron chi connectivity index (χ4n) is 2.43. The zero-order valence-corrected chi connectivity index (χ0v) is 15.0. The minimum atomic E-state index is -0.452. The van der Waals surface area contributed by atoms with Gasteiger partial charge < -0.3 is 4.74 Å². The third-order valence-electron chi connectivity index (χ3n) is 3.84. The predicted molar refractivity (Wildman–Crippen MR) is 102 cm³/mol. The summed E-state index contributed by atoms with van der Waals surface area (Å²) in [4.78, 5) is 22.4. The van der Waals surface area contributed by atoms with Crippen LogP contribution in [-0.4, -0.2) is 33.9 Å². The maximum atomic E-state index is 12.1. The molecule has 1 aromatic heterocycles. The molecule has 1 amide bonds. The van der Waals surface area contributed by atoms with Crippen LogP contribution in [0, 0.1) is 10.1 Å². The molecular weight excluding hydrogens is 362 g/mol. The molecule has 0 aliphatic heterocycles. The molecule has 142 valence electrons. The average Bonchev–Trinajstić information content (AvgIpc) is 3.17. The van der Waals surface area contributed by atoms with E-state index in [-0.39, 0.29) is 11.4 Å². The Hall–Kier alpha value is -4.01. The number of methoxy groups -OCH3 is 1. The summed E-state index contributed by atoms with van der Waals surface area (Å²) in [6.07, 6.45) is 3.16. The Balaban J connectivity index is 1.58. The highest BCUT2D eigenvalue weighted by Crippen LogP contribution is 2.13. The number of hydrogen-bond acceptors (Lipinski definition) is 6. The van der Waals surface area contributed by atoms with Crippen LogP contribution in [0.3, 0.4) is 0 Å². The third-order valence-corrected chi connectivity index (χ3v) is 3.84. The highest BCUT2D eigenvalue weighted by molar-refractivity contribution is 5.93. The van der Waals surface area contributed by atoms with Crippen molar-refractivity contribution in [2.75, 3.05) is 7.11 Å². The number of hydrazone groups is 1. The number of ether oxygens (including phenoxy) is 1. The molecular formula is C19H17N5O4. The molecule has 0 atom stereocenters. The van der Waals surface area contributed by atoms with Gasteiger partial charge in [0.05, 0.1) is 24.8 Å². The standard InChI is InChI=1S/C19H17N5O4/c1-28-17-4-2-3-15(11-17)12-20-21-19(25)18-9-10-23(22-18)13-14-5-7-16(8-6-14)24(26)27/h2-12H,13H2,1H3,(H,21,25)/b20-12+. The van der Waals surface area contributed by atoms with Crippen molar-refractivity contribution >= 4 is 17.8 Å². The highest BCUT2D eigenvalue weighted by atomic mass is 16.6. The number of rotatable bonds is 7. The maximum Gasteiger partial charge on any atom is 0.291 e. The van der Waals surface area contributed by atoms with E-state index in [1.807, 2.05) is 18.2 Å². The normalized spacial score (nSPS) is 10.8. The van der Waals surface area contributed by atoms with E-state index in [1.165, 1.54) is 18.3 Å². The number of nitro benzene ring substituents is 1. The smallest absolute Gasteiger partial charge is 0.291 e. The largest absolute Gasteiger partial charge is 0.497 e. The second kappa shape index (κ2) is 8.58. The van der Waals surface area contributed by atoms with Gasteiger partial charge in [0, 0.05) is 18.3 Å². The van der Waals surface area contributed by atoms with Gasteiger partial charge in [0.15, 0.2) is 5.69 Å². The van der Waals surface area contributed by atoms with Crippen LogP contribution < -0.4 is 10.2 Å². The Morgan fingerprint density at radius 1 is 1.29 bits per heavy atom. The van der Waals surface area contributed by atoms with Gasteiger partial charge in [-0.25, -0.2) is 5.43 Å². The molecule has 0 bridgehead atoms. The van der Waals surface area contributed by atoms with Crippen molar-refractivity contribution in [3.63, 3.8) is 0 Å². The van der Waals surface area contributed by atoms with Gasteiger partial charge in [-0.05, 0) is 29.3 Å². The number of hydrogen-bond donors (Lipinski definition) is 1. The molecule has 0 unspecified atom stereocenters. The van der Waals surface area contributed by atoms with Crippen LogP contribution in [0.15, 0.2) is 65.9 Å². The first kappa shape index (κ1) is 18.8. The van der Waals surface area contributed by atoms with Gasteiger partial charge in [-0.2, -0.15) is 10.2 Å². The summed E-state index contributed by atoms with van der Waals surface area (Å²) < 4.78 is 6.70. The summed E-state index contributed by atoms with van der Waals surface area (Å²) in [6, 6.07) is 15.0. The molecule has 1 N–H and O–H groups in total. The van der Waals surface area contributed by atoms with Crippen LogP contribution >= 0.6 is 0 Å². The second-order valence-corrected chi connectivity index (χ2v) is 5.80. The number of carbonyl (C=O) groups is 1. The minimum absolute atomic E-state index is 0.0261. The molecule has 0 saturated carbocycles. The fraction of sp³-hybridized carbons (Fsp3) is 0.105. The van der Waals surface area contributed by atoms with Crippen LogP contribution in [0.25, 0.3) is 0 Å². The van der Waals surface area contributed by atoms with Crippen molar-refractivity contribution in [2.24, 2.45) is 5.10 Å². The first-order chi connectivity index (χ1) is 13.5. The Bertz CT molecular complexity index is 1010. The van der Waals surface area contributed by atoms with Crippen molar-refractivity contribution in [1.82, 2.24) is 15.2 Å². The average molecular weight is 379 g/mol. The first-order valence-electron chi connectivity index (χ1n) is 8.29. The van der Waals surface area contributed by atoms with Gasteiger partial charge >= 0.3 is 0 Å². The van der Waals surface area contributed by atoms with E-state index in [0.29, 0.717) is 12.3 Å². The van der Waals surface area contributed by atoms with Crippen LogP contribution in [-0.2, 0) is 6.54 Å². The van der Waals surface area contributed by atoms with Gasteiger partial charge in [-0.1, -0.05) is 24.3 Å². The summed E-state index contributed by atoms with van der Waals surface area (Å²) in [5, 5.41) is 18.8. The molecule has 0 aliphatic carbocycles. The molecule has 1 heterocycles. The molecule has 0 saturated heterocycles. The highest BCUT2D eigenvalue weighted by Gasteiger charge is 2.09. The summed E-state index contributed by atoms with van der Waals surface area (Å²) >= 11 is 0. The van der Waals surface area contributed by atoms with E-state index >= 15 is 0 Å². The van der Waals surface area contributed by atoms with Gasteiger partial charge in [0.25, 0.3) is 11.6 Å². The van der Waals surface area contributed by atoms with Crippen LogP contribution in [0.2, 0.25) is 0 Å². The van der Waals surface area contributed by atoms with Crippen molar-refractivity contribution in [2.45, 2.75) is 6.54 Å². The van der Waals surface area contributed by atoms with E-state index in [1.54, 1.807) is 42.3 Å². The third kappa shape index (κ3) is 4.79. The monoisotopic (exact) mass is 379 g/mol. The maximum absolute atomic E-state index is 12.1. The summed E-state index contributed by atoms with van der Waals surface area (Å²) in [7, 11) is 1.57. The Morgan fingerprint density at radius 3 is 2.79 bits per heavy atom. The lowest BCUT2D eigenvalue weighted by molar-refractivity contribution is -0.384. The van der Waals surface area contributed by atoms with Crippen molar-refractivity contribution in [1.29, 1.82) is 0 Å². The van der Waals surface area contributed by atoms with E-state index in [2.05, 4.69) is 15.6 Å². The number of carbonyl (C=O) groups excluding carboxylic acids is 1. The number of nitro groups is 1. The van der Waals surface area contributed by atoms with Crippen molar-refractivity contribution in [3.8, 4) is 5.75 Å². The van der Waals surface area contributed by atoms with Crippen LogP contribution in [0.1, 0.15) is 21.6 Å². The molecule has 9 nitrogen and oxygen atoms in total. The quantitative estimate of drug-likeness (QED) is 0.385. The van der Waals surface area contributed by atoms with Crippen LogP contribution in [0.5, 0.6) is 5.75 Å². The molecule has 28 heavy (non-hydrogen) atoms. The van der Waals surface area contributed by atoms with Crippen LogP contribution in [0.4, 0.5) is 5.69 Å². The zero-order valence-electron chi connectivity index (χ0n) is 15.0. The number of nitrogens with zero attached hydrogens (tertiary/aromatic N) is 4. The van der Waals surface area contributed by atoms with Crippen molar-refractivity contribution < 1.29 is 14.5 Å². The predicted octanol–water partition coefficient (Wildman–Crippen LogP) is 2.61. The van der Waals surface area contributed by atoms with E-state index in [0.717, 1.165) is 11.1 Å². The molecule has 2 aromatic carbocycles. The number of aromatic nitrogens is 2. The zero-order chi connectivity index (χ0) is 19.9. The molecule has 0 aliphatic rings. The van der Waals surface area contributed by atoms with E-state index in [9.17, 15) is 14.9 Å². The SMILES string of the molecule is COc1cccc(/C=N/NC(=O)c2ccn(Cc3ccc([N+](=O)[O-])cc3)n2)c1. The Kier molecular flexibility index (Phi) is 5.75. The Labute approximate surface area is 160 Å². The molecule has 0 spiro atoms. The lowest BCUT2D eigenvalue weighted by Crippen LogP contribution is -2.18. The minimum Gasteiger partial charge on any atom is -0.497 e. The number of amides is 1. The van der Waals surface area contributed by atoms with Gasteiger partial charge in [0.1, 0.15) is 5.75 Å². The number of nitrogens with one attached hydrogen (secondary N) is 1. The lowest BCUT2D eigenvalue weighted by Gasteiger charge is -2.02. The molecule has 0 radical (unpaired) electrons. The second-order valence-electron chi connectivity index (χ2n) is 5.80. The van der Waals surface area contributed by atoms with Gasteiger partial charge in [-0.15, -0.1) is 0 Å². The van der Waals surface area contributed by atoms with Gasteiger partial charge in [0.2, 0.25) is 0 Å². The topological polar surface area (TPSA) is 112 Å². The van der Waals surface area contributed by atoms with Crippen molar-refractivity contribution in [3.05, 3.63) is 87.7 Å². The summed E-state index contributed by atoms with van der Waals surface area (Å²) in [6.45, 7) is 0.387. The first-order valence-corrected chi connectivity index (χ1v) is 8.29. The fourth-order valence-corrected chi connectivity index (χ4v) is 2.43. The van der Waals surface area contributed by atoms with E-state index < -0.39 is 10.8 Å². The van der Waals surface area contributed by atoms with E-state index in [4.69, 9.17) is 4.74 Å². The molecule has 3 rings (SSSR count). The lowest BCUT2D eigenvalue weighted by atomic mass is 10.2. The molecule has 0 fully saturated rings. The summed E-state index contributed by atoms with van der Waals surface area (Å²) in [5.41, 5.74) is 4.27. The number of benzene rings is 2. The Morgan fingerprint density at radius 2 is 2.07 bits per heavy atom. The van der Waals surface area contributed by atoms with Gasteiger partial charge in [-0.3, -0.25) is 19.6 Å². The number of non-ortho nitro benzene ring substituents is 1. The molecule has 3 aromatic rings. The summed E-state index contributed by atoms with van der Waals surface area (Å²) in [5.74, 6) is 0.252.